The van der Waals surface area contributed by atoms with Crippen LogP contribution in [-0.2, 0) is 47.5 Å². The molecular formula is C31H52N2O24. The van der Waals surface area contributed by atoms with Crippen LogP contribution in [-0.4, -0.2) is 244 Å². The van der Waals surface area contributed by atoms with Gasteiger partial charge in [0.1, 0.15) is 91.5 Å². The van der Waals surface area contributed by atoms with E-state index in [2.05, 4.69) is 10.6 Å². The van der Waals surface area contributed by atoms with E-state index in [0.29, 0.717) is 0 Å². The number of hydrogen-bond donors (Lipinski definition) is 16. The third kappa shape index (κ3) is 10.2. The fourth-order valence-electron chi connectivity index (χ4n) is 7.04. The van der Waals surface area contributed by atoms with Gasteiger partial charge >= 0.3 is 5.97 Å². The van der Waals surface area contributed by atoms with E-state index in [1.165, 1.54) is 0 Å². The molecule has 0 aromatic carbocycles. The van der Waals surface area contributed by atoms with Gasteiger partial charge in [-0.1, -0.05) is 0 Å². The summed E-state index contributed by atoms with van der Waals surface area (Å²) in [7, 11) is 0. The number of carbonyl (C=O) groups excluding carboxylic acids is 2. The molecule has 16 N–H and O–H groups in total. The van der Waals surface area contributed by atoms with E-state index in [9.17, 15) is 85.9 Å². The van der Waals surface area contributed by atoms with E-state index in [1.54, 1.807) is 0 Å². The van der Waals surface area contributed by atoms with Gasteiger partial charge in [-0.05, 0) is 0 Å². The zero-order valence-electron chi connectivity index (χ0n) is 30.4. The summed E-state index contributed by atoms with van der Waals surface area (Å²) in [5.74, 6) is -6.80. The first-order chi connectivity index (χ1) is 26.7. The molecule has 21 atom stereocenters. The second kappa shape index (κ2) is 19.8. The minimum Gasteiger partial charge on any atom is -0.477 e. The van der Waals surface area contributed by atoms with Gasteiger partial charge in [0.15, 0.2) is 18.9 Å². The largest absolute Gasteiger partial charge is 0.477 e. The highest BCUT2D eigenvalue weighted by atomic mass is 16.8. The molecular weight excluding hydrogens is 784 g/mol. The Hall–Kier alpha value is -2.39. The van der Waals surface area contributed by atoms with Crippen molar-refractivity contribution in [3.8, 4) is 0 Å². The first kappa shape index (κ1) is 47.3. The molecule has 0 aromatic rings. The Morgan fingerprint density at radius 2 is 1.19 bits per heavy atom. The van der Waals surface area contributed by atoms with Gasteiger partial charge in [-0.2, -0.15) is 0 Å². The van der Waals surface area contributed by atoms with E-state index in [0.717, 1.165) is 13.8 Å². The molecule has 26 nitrogen and oxygen atoms in total. The first-order valence-corrected chi connectivity index (χ1v) is 17.7. The number of carboxylic acid groups (broad SMARTS) is 1. The van der Waals surface area contributed by atoms with Crippen LogP contribution in [0.25, 0.3) is 0 Å². The molecule has 0 saturated carbocycles. The van der Waals surface area contributed by atoms with Gasteiger partial charge in [0.2, 0.25) is 11.8 Å². The number of hydrogen-bond acceptors (Lipinski definition) is 23. The van der Waals surface area contributed by atoms with Crippen molar-refractivity contribution in [2.24, 2.45) is 0 Å². The van der Waals surface area contributed by atoms with Crippen LogP contribution in [0.15, 0.2) is 0 Å². The Bertz CT molecular complexity index is 1350. The highest BCUT2D eigenvalue weighted by Gasteiger charge is 2.60. The van der Waals surface area contributed by atoms with Crippen molar-refractivity contribution in [2.45, 2.75) is 149 Å². The third-order valence-electron chi connectivity index (χ3n) is 9.98. The molecule has 4 saturated heterocycles. The van der Waals surface area contributed by atoms with E-state index in [1.807, 2.05) is 0 Å². The summed E-state index contributed by atoms with van der Waals surface area (Å²) in [6.07, 6.45) is -36.5. The van der Waals surface area contributed by atoms with Crippen molar-refractivity contribution in [1.29, 1.82) is 0 Å². The Morgan fingerprint density at radius 3 is 1.72 bits per heavy atom. The average molecular weight is 837 g/mol. The predicted octanol–water partition coefficient (Wildman–Crippen LogP) is -10.3. The summed E-state index contributed by atoms with van der Waals surface area (Å²) in [6, 6.07) is -3.34. The molecule has 0 unspecified atom stereocenters. The number of aliphatic hydroxyl groups is 13. The van der Waals surface area contributed by atoms with Gasteiger partial charge < -0.3 is 115 Å². The van der Waals surface area contributed by atoms with Crippen LogP contribution in [0.4, 0.5) is 0 Å². The number of rotatable bonds is 15. The smallest absolute Gasteiger partial charge is 0.364 e. The van der Waals surface area contributed by atoms with Crippen LogP contribution in [0.3, 0.4) is 0 Å². The number of aliphatic carboxylic acids is 1. The van der Waals surface area contributed by atoms with Crippen molar-refractivity contribution in [2.75, 3.05) is 26.4 Å². The normalized spacial score (nSPS) is 45.1. The van der Waals surface area contributed by atoms with E-state index in [-0.39, 0.29) is 0 Å². The van der Waals surface area contributed by atoms with E-state index >= 15 is 0 Å². The average Bonchev–Trinajstić information content (AvgIpc) is 3.16. The summed E-state index contributed by atoms with van der Waals surface area (Å²) in [6.45, 7) is -1.96. The Balaban J connectivity index is 1.68. The zero-order valence-corrected chi connectivity index (χ0v) is 30.4. The lowest BCUT2D eigenvalue weighted by atomic mass is 9.88. The topological polar surface area (TPSA) is 423 Å². The summed E-state index contributed by atoms with van der Waals surface area (Å²) >= 11 is 0. The molecule has 26 heteroatoms. The van der Waals surface area contributed by atoms with Crippen molar-refractivity contribution in [3.05, 3.63) is 0 Å². The number of nitrogens with one attached hydrogen (secondary N) is 2. The second-order valence-electron chi connectivity index (χ2n) is 14.0. The maximum Gasteiger partial charge on any atom is 0.364 e. The van der Waals surface area contributed by atoms with Crippen LogP contribution in [0.5, 0.6) is 0 Å². The minimum atomic E-state index is -3.13. The molecule has 4 rings (SSSR count). The summed E-state index contributed by atoms with van der Waals surface area (Å²) in [4.78, 5) is 37.2. The van der Waals surface area contributed by atoms with Crippen LogP contribution in [0.2, 0.25) is 0 Å². The lowest BCUT2D eigenvalue weighted by molar-refractivity contribution is -0.386. The number of amides is 2. The van der Waals surface area contributed by atoms with Crippen LogP contribution >= 0.6 is 0 Å². The fraction of sp³-hybridized carbons (Fsp3) is 0.903. The number of ether oxygens (including phenoxy) is 7. The van der Waals surface area contributed by atoms with Gasteiger partial charge in [0.05, 0.1) is 38.6 Å². The van der Waals surface area contributed by atoms with Gasteiger partial charge in [-0.3, -0.25) is 9.59 Å². The summed E-state index contributed by atoms with van der Waals surface area (Å²) in [5.41, 5.74) is 0. The van der Waals surface area contributed by atoms with Crippen molar-refractivity contribution in [1.82, 2.24) is 10.6 Å². The molecule has 57 heavy (non-hydrogen) atoms. The maximum absolute atomic E-state index is 12.8. The van der Waals surface area contributed by atoms with Gasteiger partial charge in [0.25, 0.3) is 5.79 Å². The Morgan fingerprint density at radius 1 is 0.684 bits per heavy atom. The standard InChI is InChI=1S/C31H52N2O24/c1-8(38)32-15-10(40)3-31(30(49)50,56-24(15)17(42)11(41)4-34)57-25-20(45)14(7-37)53-29(22(25)47)54-23-16(33-9(2)39)28(52-13(6-36)19(23)44)55-26-21(46)18(43)12(5-35)51-27(26)48/h10-29,34-37,40-48H,3-7H2,1-2H3,(H,32,38)(H,33,39)(H,49,50)/t10-,11+,12+,13+,14+,15+,16+,17+,18+,19+,20-,21-,22+,23+,24+,25-,26-,27-,28-,29-,31-/m0/s1. The molecule has 0 bridgehead atoms. The van der Waals surface area contributed by atoms with Crippen LogP contribution in [0, 0.1) is 0 Å². The highest BCUT2D eigenvalue weighted by Crippen LogP contribution is 2.39. The van der Waals surface area contributed by atoms with Crippen molar-refractivity contribution < 1.29 is 119 Å². The van der Waals surface area contributed by atoms with E-state index < -0.39 is 179 Å². The van der Waals surface area contributed by atoms with Crippen LogP contribution < -0.4 is 10.6 Å². The second-order valence-corrected chi connectivity index (χ2v) is 14.0. The SMILES string of the molecule is CC(=O)N[C@H]1[C@H](O[C@H]2[C@@H](O)[C@H](O)[C@@H](CO)O[C@@H]2O)O[C@H](CO)[C@@H](O)[C@@H]1O[C@@H]1O[C@H](CO)[C@H](O)[C@H](O[C@]2(C(=O)O)C[C@H](O)[C@@H](NC(C)=O)[C@H]([C@H](O)[C@H](O)CO)O2)[C@H]1O. The van der Waals surface area contributed by atoms with Crippen molar-refractivity contribution in [3.63, 3.8) is 0 Å². The molecule has 4 aliphatic rings. The van der Waals surface area contributed by atoms with Gasteiger partial charge in [-0.15, -0.1) is 0 Å². The molecule has 4 aliphatic heterocycles. The van der Waals surface area contributed by atoms with Crippen molar-refractivity contribution >= 4 is 17.8 Å². The fourth-order valence-corrected chi connectivity index (χ4v) is 7.04. The molecule has 0 spiro atoms. The molecule has 4 fully saturated rings. The summed E-state index contributed by atoms with van der Waals surface area (Å²) < 4.78 is 39.0. The first-order valence-electron chi connectivity index (χ1n) is 17.7. The van der Waals surface area contributed by atoms with E-state index in [4.69, 9.17) is 33.2 Å². The zero-order chi connectivity index (χ0) is 42.7. The molecule has 0 aliphatic carbocycles. The van der Waals surface area contributed by atoms with Crippen LogP contribution in [0.1, 0.15) is 20.3 Å². The molecule has 4 heterocycles. The molecule has 330 valence electrons. The molecule has 2 amide bonds. The molecule has 0 aromatic heterocycles. The number of carboxylic acids is 1. The monoisotopic (exact) mass is 836 g/mol. The minimum absolute atomic E-state index is 0.792. The van der Waals surface area contributed by atoms with Gasteiger partial charge in [-0.25, -0.2) is 4.79 Å². The third-order valence-corrected chi connectivity index (χ3v) is 9.98. The van der Waals surface area contributed by atoms with Gasteiger partial charge in [0, 0.05) is 20.3 Å². The summed E-state index contributed by atoms with van der Waals surface area (Å²) in [5, 5.41) is 151. The molecule has 0 radical (unpaired) electrons. The maximum atomic E-state index is 12.8. The Kier molecular flexibility index (Phi) is 16.4. The number of aliphatic hydroxyl groups excluding tert-OH is 13. The lowest BCUT2D eigenvalue weighted by Gasteiger charge is -2.51. The quantitative estimate of drug-likeness (QED) is 0.0728. The number of carbonyl (C=O) groups is 3. The highest BCUT2D eigenvalue weighted by molar-refractivity contribution is 5.76. The Labute approximate surface area is 322 Å². The predicted molar refractivity (Wildman–Crippen MR) is 174 cm³/mol. The lowest BCUT2D eigenvalue weighted by Crippen LogP contribution is -2.71.